The smallest absolute Gasteiger partial charge is 0.148 e. The van der Waals surface area contributed by atoms with Crippen molar-refractivity contribution in [2.45, 2.75) is 26.2 Å². The molecule has 0 aromatic heterocycles. The molecule has 0 aliphatic carbocycles. The Balaban J connectivity index is 2.33. The Morgan fingerprint density at radius 1 is 1.35 bits per heavy atom. The molecule has 1 aliphatic rings. The van der Waals surface area contributed by atoms with Crippen molar-refractivity contribution >= 4 is 17.2 Å². The second kappa shape index (κ2) is 5.08. The van der Waals surface area contributed by atoms with Crippen LogP contribution >= 0.6 is 0 Å². The van der Waals surface area contributed by atoms with Gasteiger partial charge in [0.2, 0.25) is 0 Å². The van der Waals surface area contributed by atoms with Gasteiger partial charge in [0, 0.05) is 24.3 Å². The van der Waals surface area contributed by atoms with E-state index in [1.165, 1.54) is 24.1 Å². The van der Waals surface area contributed by atoms with Gasteiger partial charge in [0.05, 0.1) is 0 Å². The van der Waals surface area contributed by atoms with Gasteiger partial charge in [-0.15, -0.1) is 0 Å². The molecule has 1 aliphatic heterocycles. The van der Waals surface area contributed by atoms with E-state index in [0.29, 0.717) is 0 Å². The van der Waals surface area contributed by atoms with Gasteiger partial charge in [0.1, 0.15) is 12.9 Å². The Bertz CT molecular complexity index is 429. The summed E-state index contributed by atoms with van der Waals surface area (Å²) in [6.45, 7) is 3.07. The van der Waals surface area contributed by atoms with Crippen LogP contribution in [0, 0.1) is 6.92 Å². The molecule has 4 heteroatoms. The maximum Gasteiger partial charge on any atom is 0.148 e. The van der Waals surface area contributed by atoms with Gasteiger partial charge in [0.15, 0.2) is 0 Å². The first kappa shape index (κ1) is 11.8. The average Bonchev–Trinajstić information content (AvgIpc) is 2.31. The molecule has 0 spiro atoms. The van der Waals surface area contributed by atoms with E-state index in [4.69, 9.17) is 10.6 Å². The van der Waals surface area contributed by atoms with Gasteiger partial charge in [-0.05, 0) is 43.5 Å². The van der Waals surface area contributed by atoms with Gasteiger partial charge in [0.25, 0.3) is 0 Å². The van der Waals surface area contributed by atoms with Crippen LogP contribution in [0.1, 0.15) is 24.8 Å². The van der Waals surface area contributed by atoms with Crippen molar-refractivity contribution in [3.63, 3.8) is 0 Å². The third-order valence-electron chi connectivity index (χ3n) is 3.05. The van der Waals surface area contributed by atoms with Crippen LogP contribution in [0.15, 0.2) is 23.4 Å². The first-order valence-electron chi connectivity index (χ1n) is 5.96. The lowest BCUT2D eigenvalue weighted by Gasteiger charge is -2.30. The highest BCUT2D eigenvalue weighted by molar-refractivity contribution is 5.98. The number of benzene rings is 1. The number of nitrogens with two attached hydrogens (primary N) is 1. The minimum atomic E-state index is 0.800. The molecule has 4 nitrogen and oxygen atoms in total. The van der Waals surface area contributed by atoms with Crippen molar-refractivity contribution in [3.8, 4) is 0 Å². The number of aryl methyl sites for hydroxylation is 1. The van der Waals surface area contributed by atoms with Crippen LogP contribution in [0.3, 0.4) is 0 Å². The quantitative estimate of drug-likeness (QED) is 0.631. The minimum Gasteiger partial charge on any atom is -0.399 e. The van der Waals surface area contributed by atoms with Gasteiger partial charge < -0.3 is 15.5 Å². The second-order valence-electron chi connectivity index (χ2n) is 4.34. The van der Waals surface area contributed by atoms with Gasteiger partial charge >= 0.3 is 0 Å². The highest BCUT2D eigenvalue weighted by Gasteiger charge is 2.20. The molecule has 0 atom stereocenters. The number of piperidine rings is 1. The zero-order valence-corrected chi connectivity index (χ0v) is 10.4. The van der Waals surface area contributed by atoms with Gasteiger partial charge in [-0.25, -0.2) is 0 Å². The van der Waals surface area contributed by atoms with Crippen LogP contribution in [0.2, 0.25) is 0 Å². The highest BCUT2D eigenvalue weighted by atomic mass is 16.6. The van der Waals surface area contributed by atoms with E-state index in [-0.39, 0.29) is 0 Å². The van der Waals surface area contributed by atoms with Crippen molar-refractivity contribution in [2.75, 3.05) is 24.3 Å². The van der Waals surface area contributed by atoms with Crippen LogP contribution < -0.4 is 10.6 Å². The van der Waals surface area contributed by atoms with Crippen molar-refractivity contribution in [1.82, 2.24) is 0 Å². The maximum atomic E-state index is 5.78. The van der Waals surface area contributed by atoms with Crippen LogP contribution in [0.4, 0.5) is 11.4 Å². The highest BCUT2D eigenvalue weighted by Crippen LogP contribution is 2.26. The predicted molar refractivity (Wildman–Crippen MR) is 71.2 cm³/mol. The number of nitrogens with zero attached hydrogens (tertiary/aromatic N) is 2. The minimum absolute atomic E-state index is 0.800. The molecule has 0 radical (unpaired) electrons. The third kappa shape index (κ3) is 2.52. The fourth-order valence-corrected chi connectivity index (χ4v) is 2.26. The lowest BCUT2D eigenvalue weighted by molar-refractivity contribution is 0.211. The lowest BCUT2D eigenvalue weighted by Crippen LogP contribution is -2.36. The fraction of sp³-hybridized carbons (Fsp3) is 0.462. The van der Waals surface area contributed by atoms with Crippen LogP contribution in [-0.2, 0) is 4.84 Å². The lowest BCUT2D eigenvalue weighted by atomic mass is 10.1. The SMILES string of the molecule is CO/N=C1\CCCCN1c1ccc(N)cc1C. The summed E-state index contributed by atoms with van der Waals surface area (Å²) in [5.41, 5.74) is 8.93. The zero-order valence-electron chi connectivity index (χ0n) is 10.4. The molecule has 1 heterocycles. The molecule has 1 saturated heterocycles. The summed E-state index contributed by atoms with van der Waals surface area (Å²) in [7, 11) is 1.59. The molecule has 0 unspecified atom stereocenters. The molecule has 0 saturated carbocycles. The summed E-state index contributed by atoms with van der Waals surface area (Å²) in [6, 6.07) is 5.98. The van der Waals surface area contributed by atoms with Crippen molar-refractivity contribution < 1.29 is 4.84 Å². The third-order valence-corrected chi connectivity index (χ3v) is 3.05. The van der Waals surface area contributed by atoms with E-state index in [0.717, 1.165) is 24.5 Å². The molecule has 1 fully saturated rings. The molecular formula is C13H19N3O. The van der Waals surface area contributed by atoms with E-state index < -0.39 is 0 Å². The number of nitrogen functional groups attached to an aromatic ring is 1. The predicted octanol–water partition coefficient (Wildman–Crippen LogP) is 2.53. The normalized spacial score (nSPS) is 18.5. The molecule has 0 bridgehead atoms. The Labute approximate surface area is 102 Å². The van der Waals surface area contributed by atoms with E-state index in [9.17, 15) is 0 Å². The Morgan fingerprint density at radius 3 is 2.88 bits per heavy atom. The summed E-state index contributed by atoms with van der Waals surface area (Å²) in [5, 5.41) is 4.12. The van der Waals surface area contributed by atoms with Gasteiger partial charge in [-0.3, -0.25) is 0 Å². The number of hydrogen-bond acceptors (Lipinski definition) is 3. The molecule has 17 heavy (non-hydrogen) atoms. The van der Waals surface area contributed by atoms with E-state index in [2.05, 4.69) is 23.0 Å². The molecular weight excluding hydrogens is 214 g/mol. The molecule has 92 valence electrons. The summed E-state index contributed by atoms with van der Waals surface area (Å²) in [4.78, 5) is 7.14. The van der Waals surface area contributed by atoms with Crippen molar-refractivity contribution in [3.05, 3.63) is 23.8 Å². The van der Waals surface area contributed by atoms with Gasteiger partial charge in [-0.1, -0.05) is 5.16 Å². The summed E-state index contributed by atoms with van der Waals surface area (Å²) in [6.07, 6.45) is 3.33. The number of oxime groups is 1. The van der Waals surface area contributed by atoms with Crippen LogP contribution in [-0.4, -0.2) is 19.5 Å². The monoisotopic (exact) mass is 233 g/mol. The molecule has 2 N–H and O–H groups in total. The fourth-order valence-electron chi connectivity index (χ4n) is 2.26. The van der Waals surface area contributed by atoms with E-state index in [1.54, 1.807) is 7.11 Å². The summed E-state index contributed by atoms with van der Waals surface area (Å²) < 4.78 is 0. The van der Waals surface area contributed by atoms with E-state index in [1.807, 2.05) is 12.1 Å². The number of amidine groups is 1. The van der Waals surface area contributed by atoms with Gasteiger partial charge in [-0.2, -0.15) is 0 Å². The maximum absolute atomic E-state index is 5.78. The molecule has 2 rings (SSSR count). The molecule has 1 aromatic carbocycles. The number of hydrogen-bond donors (Lipinski definition) is 1. The average molecular weight is 233 g/mol. The zero-order chi connectivity index (χ0) is 12.3. The van der Waals surface area contributed by atoms with Crippen LogP contribution in [0.5, 0.6) is 0 Å². The van der Waals surface area contributed by atoms with E-state index >= 15 is 0 Å². The second-order valence-corrected chi connectivity index (χ2v) is 4.34. The molecule has 0 amide bonds. The largest absolute Gasteiger partial charge is 0.399 e. The Morgan fingerprint density at radius 2 is 2.18 bits per heavy atom. The summed E-state index contributed by atoms with van der Waals surface area (Å²) in [5.74, 6) is 1.01. The first-order chi connectivity index (χ1) is 8.22. The van der Waals surface area contributed by atoms with Crippen molar-refractivity contribution in [2.24, 2.45) is 5.16 Å². The number of anilines is 2. The standard InChI is InChI=1S/C13H19N3O/c1-10-9-11(14)6-7-12(10)16-8-4-3-5-13(16)15-17-2/h6-7,9H,3-5,8,14H2,1-2H3/b15-13+. The van der Waals surface area contributed by atoms with Crippen molar-refractivity contribution in [1.29, 1.82) is 0 Å². The van der Waals surface area contributed by atoms with Crippen LogP contribution in [0.25, 0.3) is 0 Å². The summed E-state index contributed by atoms with van der Waals surface area (Å²) >= 11 is 0. The Hall–Kier alpha value is -1.71. The first-order valence-corrected chi connectivity index (χ1v) is 5.96. The molecule has 1 aromatic rings. The Kier molecular flexibility index (Phi) is 3.52. The number of rotatable bonds is 2. The topological polar surface area (TPSA) is 50.8 Å².